The summed E-state index contributed by atoms with van der Waals surface area (Å²) in [6, 6.07) is 18.7. The van der Waals surface area contributed by atoms with Crippen molar-refractivity contribution in [1.82, 2.24) is 15.1 Å². The molecule has 0 saturated heterocycles. The van der Waals surface area contributed by atoms with Gasteiger partial charge in [-0.3, -0.25) is 14.7 Å². The molecule has 7 nitrogen and oxygen atoms in total. The second-order valence-electron chi connectivity index (χ2n) is 8.67. The van der Waals surface area contributed by atoms with Crippen LogP contribution in [0, 0.1) is 6.92 Å². The molecule has 0 spiro atoms. The smallest absolute Gasteiger partial charge is 0.255 e. The van der Waals surface area contributed by atoms with Crippen molar-refractivity contribution in [2.24, 2.45) is 0 Å². The lowest BCUT2D eigenvalue weighted by Crippen LogP contribution is -2.36. The van der Waals surface area contributed by atoms with Gasteiger partial charge in [0.25, 0.3) is 11.8 Å². The highest BCUT2D eigenvalue weighted by atomic mass is 16.3. The first-order chi connectivity index (χ1) is 16.5. The third kappa shape index (κ3) is 3.51. The van der Waals surface area contributed by atoms with Gasteiger partial charge in [0.1, 0.15) is 5.58 Å². The molecule has 2 amide bonds. The van der Waals surface area contributed by atoms with E-state index in [1.54, 1.807) is 12.3 Å². The number of carbonyl (C=O) groups excluding carboxylic acids is 2. The Morgan fingerprint density at radius 3 is 2.79 bits per heavy atom. The molecule has 0 radical (unpaired) electrons. The molecule has 0 fully saturated rings. The summed E-state index contributed by atoms with van der Waals surface area (Å²) in [7, 11) is 0. The van der Waals surface area contributed by atoms with Crippen LogP contribution in [0.25, 0.3) is 21.9 Å². The van der Waals surface area contributed by atoms with Crippen LogP contribution in [0.5, 0.6) is 0 Å². The van der Waals surface area contributed by atoms with Gasteiger partial charge in [0.2, 0.25) is 0 Å². The van der Waals surface area contributed by atoms with Gasteiger partial charge in [-0.05, 0) is 79.1 Å². The number of furan rings is 1. The maximum absolute atomic E-state index is 13.2. The van der Waals surface area contributed by atoms with Gasteiger partial charge < -0.3 is 14.6 Å². The quantitative estimate of drug-likeness (QED) is 0.402. The average Bonchev–Trinajstić information content (AvgIpc) is 3.49. The minimum Gasteiger partial charge on any atom is -0.464 e. The van der Waals surface area contributed by atoms with E-state index in [1.807, 2.05) is 66.4 Å². The van der Waals surface area contributed by atoms with Gasteiger partial charge >= 0.3 is 0 Å². The lowest BCUT2D eigenvalue weighted by molar-refractivity contribution is 0.0735. The van der Waals surface area contributed by atoms with Gasteiger partial charge in [0.15, 0.2) is 0 Å². The first-order valence-corrected chi connectivity index (χ1v) is 11.2. The Morgan fingerprint density at radius 2 is 1.88 bits per heavy atom. The number of rotatable bonds is 3. The summed E-state index contributed by atoms with van der Waals surface area (Å²) in [6.07, 6.45) is 2.38. The molecule has 7 heteroatoms. The van der Waals surface area contributed by atoms with Crippen molar-refractivity contribution in [3.8, 4) is 0 Å². The highest BCUT2D eigenvalue weighted by Gasteiger charge is 2.23. The zero-order valence-corrected chi connectivity index (χ0v) is 18.6. The molecule has 3 heterocycles. The number of nitrogens with one attached hydrogen (secondary N) is 2. The van der Waals surface area contributed by atoms with Gasteiger partial charge in [-0.25, -0.2) is 0 Å². The van der Waals surface area contributed by atoms with E-state index in [2.05, 4.69) is 15.5 Å². The van der Waals surface area contributed by atoms with Crippen molar-refractivity contribution in [3.63, 3.8) is 0 Å². The summed E-state index contributed by atoms with van der Waals surface area (Å²) in [5.74, 6) is -0.204. The summed E-state index contributed by atoms with van der Waals surface area (Å²) in [4.78, 5) is 28.0. The van der Waals surface area contributed by atoms with Crippen LogP contribution in [-0.4, -0.2) is 33.5 Å². The number of amides is 2. The predicted octanol–water partition coefficient (Wildman–Crippen LogP) is 5.07. The Bertz CT molecular complexity index is 1580. The number of aromatic amines is 1. The van der Waals surface area contributed by atoms with Crippen molar-refractivity contribution < 1.29 is 14.0 Å². The maximum atomic E-state index is 13.2. The van der Waals surface area contributed by atoms with Crippen LogP contribution in [0.2, 0.25) is 0 Å². The van der Waals surface area contributed by atoms with Crippen LogP contribution in [0.15, 0.2) is 71.3 Å². The highest BCUT2D eigenvalue weighted by molar-refractivity contribution is 6.05. The van der Waals surface area contributed by atoms with E-state index in [0.29, 0.717) is 29.9 Å². The van der Waals surface area contributed by atoms with Gasteiger partial charge in [0.05, 0.1) is 11.8 Å². The zero-order valence-electron chi connectivity index (χ0n) is 18.6. The average molecular weight is 450 g/mol. The van der Waals surface area contributed by atoms with E-state index in [9.17, 15) is 9.59 Å². The first-order valence-electron chi connectivity index (χ1n) is 11.2. The van der Waals surface area contributed by atoms with Crippen molar-refractivity contribution in [3.05, 3.63) is 94.9 Å². The lowest BCUT2D eigenvalue weighted by atomic mass is 9.96. The molecule has 1 aliphatic rings. The Morgan fingerprint density at radius 1 is 1.00 bits per heavy atom. The van der Waals surface area contributed by atoms with Crippen LogP contribution in [0.1, 0.15) is 37.5 Å². The van der Waals surface area contributed by atoms with Crippen LogP contribution < -0.4 is 5.32 Å². The van der Waals surface area contributed by atoms with Crippen molar-refractivity contribution in [2.45, 2.75) is 19.9 Å². The maximum Gasteiger partial charge on any atom is 0.255 e. The number of carbonyl (C=O) groups is 2. The molecule has 0 unspecified atom stereocenters. The third-order valence-electron chi connectivity index (χ3n) is 6.47. The topological polar surface area (TPSA) is 91.2 Å². The Hall–Kier alpha value is -4.39. The normalized spacial score (nSPS) is 13.3. The summed E-state index contributed by atoms with van der Waals surface area (Å²) in [5.41, 5.74) is 6.66. The Labute approximate surface area is 195 Å². The van der Waals surface area contributed by atoms with Gasteiger partial charge in [-0.2, -0.15) is 5.10 Å². The second-order valence-corrected chi connectivity index (χ2v) is 8.67. The fourth-order valence-electron chi connectivity index (χ4n) is 4.57. The minimum absolute atomic E-state index is 0.0209. The molecule has 34 heavy (non-hydrogen) atoms. The molecule has 2 N–H and O–H groups in total. The molecule has 3 aromatic carbocycles. The molecule has 6 rings (SSSR count). The molecule has 0 aliphatic carbocycles. The van der Waals surface area contributed by atoms with E-state index in [0.717, 1.165) is 39.6 Å². The number of benzene rings is 3. The van der Waals surface area contributed by atoms with Gasteiger partial charge in [0, 0.05) is 46.4 Å². The molecule has 168 valence electrons. The Balaban J connectivity index is 1.21. The van der Waals surface area contributed by atoms with E-state index < -0.39 is 0 Å². The molecular weight excluding hydrogens is 428 g/mol. The number of fused-ring (bicyclic) bond motifs is 3. The molecule has 2 aromatic heterocycles. The molecule has 0 saturated carbocycles. The zero-order chi connectivity index (χ0) is 23.2. The number of nitrogens with zero attached hydrogens (tertiary/aromatic N) is 2. The summed E-state index contributed by atoms with van der Waals surface area (Å²) < 4.78 is 5.38. The fraction of sp³-hybridized carbons (Fsp3) is 0.148. The number of aryl methyl sites for hydroxylation is 1. The van der Waals surface area contributed by atoms with E-state index >= 15 is 0 Å². The van der Waals surface area contributed by atoms with E-state index in [1.165, 1.54) is 5.56 Å². The van der Waals surface area contributed by atoms with E-state index in [4.69, 9.17) is 4.42 Å². The predicted molar refractivity (Wildman–Crippen MR) is 130 cm³/mol. The third-order valence-corrected chi connectivity index (χ3v) is 6.47. The monoisotopic (exact) mass is 450 g/mol. The SMILES string of the molecule is Cc1[nH]nc2ccc(NC(=O)c3ccc4c(c3)CN(C(=O)c3ccc5occc5c3)CC4)cc12. The Kier molecular flexibility index (Phi) is 4.69. The van der Waals surface area contributed by atoms with Gasteiger partial charge in [-0.1, -0.05) is 6.07 Å². The number of H-pyrrole nitrogens is 1. The minimum atomic E-state index is -0.183. The van der Waals surface area contributed by atoms with Crippen molar-refractivity contribution in [1.29, 1.82) is 0 Å². The van der Waals surface area contributed by atoms with Crippen molar-refractivity contribution >= 4 is 39.4 Å². The largest absolute Gasteiger partial charge is 0.464 e. The van der Waals surface area contributed by atoms with Gasteiger partial charge in [-0.15, -0.1) is 0 Å². The summed E-state index contributed by atoms with van der Waals surface area (Å²) in [6.45, 7) is 3.06. The van der Waals surface area contributed by atoms with Crippen LogP contribution in [0.3, 0.4) is 0 Å². The number of anilines is 1. The van der Waals surface area contributed by atoms with Crippen LogP contribution >= 0.6 is 0 Å². The lowest BCUT2D eigenvalue weighted by Gasteiger charge is -2.29. The molecule has 0 bridgehead atoms. The van der Waals surface area contributed by atoms with Crippen LogP contribution in [-0.2, 0) is 13.0 Å². The van der Waals surface area contributed by atoms with E-state index in [-0.39, 0.29) is 11.8 Å². The highest BCUT2D eigenvalue weighted by Crippen LogP contribution is 2.25. The fourth-order valence-corrected chi connectivity index (χ4v) is 4.57. The number of hydrogen-bond donors (Lipinski definition) is 2. The molecular formula is C27H22N4O3. The molecule has 5 aromatic rings. The van der Waals surface area contributed by atoms with Crippen LogP contribution in [0.4, 0.5) is 5.69 Å². The molecule has 1 aliphatic heterocycles. The first kappa shape index (κ1) is 20.2. The standard InChI is InChI=1S/C27H22N4O3/c1-16-23-14-22(5-6-24(23)30-29-16)28-26(32)19-3-2-17-8-10-31(15-21(17)13-19)27(33)20-4-7-25-18(12-20)9-11-34-25/h2-7,9,11-14H,8,10,15H2,1H3,(H,28,32)(H,29,30). The number of hydrogen-bond acceptors (Lipinski definition) is 4. The second kappa shape index (κ2) is 7.88. The molecule has 0 atom stereocenters. The number of aromatic nitrogens is 2. The summed E-state index contributed by atoms with van der Waals surface area (Å²) >= 11 is 0. The van der Waals surface area contributed by atoms with Crippen molar-refractivity contribution in [2.75, 3.05) is 11.9 Å². The summed E-state index contributed by atoms with van der Waals surface area (Å²) in [5, 5.41) is 12.0.